The molecule has 1 aliphatic rings. The van der Waals surface area contributed by atoms with Crippen LogP contribution in [-0.4, -0.2) is 13.4 Å². The van der Waals surface area contributed by atoms with Crippen molar-refractivity contribution in [2.75, 3.05) is 6.26 Å². The quantitative estimate of drug-likeness (QED) is 0.670. The summed E-state index contributed by atoms with van der Waals surface area (Å²) in [6.07, 6.45) is 2.00. The minimum Gasteiger partial charge on any atom is -0.520 e. The molecule has 0 atom stereocenters. The van der Waals surface area contributed by atoms with Crippen LogP contribution in [0.3, 0.4) is 0 Å². The Labute approximate surface area is 82.1 Å². The number of thioether (sulfide) groups is 1. The van der Waals surface area contributed by atoms with Crippen molar-refractivity contribution in [1.29, 1.82) is 0 Å². The third kappa shape index (κ3) is 1.83. The smallest absolute Gasteiger partial charge is 0.520 e. The van der Waals surface area contributed by atoms with Crippen molar-refractivity contribution >= 4 is 18.9 Å². The van der Waals surface area contributed by atoms with Gasteiger partial charge in [0.05, 0.1) is 0 Å². The van der Waals surface area contributed by atoms with Crippen LogP contribution in [0.5, 0.6) is 11.5 Å². The summed E-state index contributed by atoms with van der Waals surface area (Å²) in [6, 6.07) is 7.68. The van der Waals surface area contributed by atoms with E-state index in [0.717, 1.165) is 11.5 Å². The number of hydrogen-bond acceptors (Lipinski definition) is 3. The lowest BCUT2D eigenvalue weighted by molar-refractivity contribution is 0.517. The molecule has 0 saturated heterocycles. The zero-order chi connectivity index (χ0) is 9.10. The second-order valence-corrected chi connectivity index (χ2v) is 3.36. The Balaban J connectivity index is 2.09. The van der Waals surface area contributed by atoms with Gasteiger partial charge in [-0.05, 0) is 29.8 Å². The van der Waals surface area contributed by atoms with Gasteiger partial charge in [0.2, 0.25) is 0 Å². The van der Waals surface area contributed by atoms with Crippen molar-refractivity contribution in [3.63, 3.8) is 0 Å². The predicted molar refractivity (Wildman–Crippen MR) is 56.1 cm³/mol. The molecule has 0 aromatic heterocycles. The van der Waals surface area contributed by atoms with E-state index in [-0.39, 0.29) is 7.12 Å². The van der Waals surface area contributed by atoms with E-state index < -0.39 is 0 Å². The van der Waals surface area contributed by atoms with E-state index >= 15 is 0 Å². The largest absolute Gasteiger partial charge is 0.625 e. The highest BCUT2D eigenvalue weighted by Crippen LogP contribution is 2.32. The van der Waals surface area contributed by atoms with E-state index in [0.29, 0.717) is 0 Å². The molecule has 2 rings (SSSR count). The third-order valence-corrected chi connectivity index (χ3v) is 2.14. The molecule has 1 aliphatic heterocycles. The highest BCUT2D eigenvalue weighted by molar-refractivity contribution is 8.01. The minimum atomic E-state index is -0.259. The van der Waals surface area contributed by atoms with Gasteiger partial charge in [-0.1, -0.05) is 12.1 Å². The molecule has 2 nitrogen and oxygen atoms in total. The van der Waals surface area contributed by atoms with Crippen molar-refractivity contribution in [3.05, 3.63) is 35.6 Å². The molecule has 13 heavy (non-hydrogen) atoms. The number of benzene rings is 1. The summed E-state index contributed by atoms with van der Waals surface area (Å²) in [5.41, 5.74) is 0. The monoisotopic (exact) mass is 192 g/mol. The highest BCUT2D eigenvalue weighted by Gasteiger charge is 2.28. The molecule has 0 radical (unpaired) electrons. The summed E-state index contributed by atoms with van der Waals surface area (Å²) in [5, 5.41) is 1.95. The molecule has 0 N–H and O–H groups in total. The zero-order valence-electron chi connectivity index (χ0n) is 7.27. The average molecular weight is 192 g/mol. The summed E-state index contributed by atoms with van der Waals surface area (Å²) in [5.74, 6) is 3.53. The molecule has 0 unspecified atom stereocenters. The molecular weight excluding hydrogens is 183 g/mol. The average Bonchev–Trinajstić information content (AvgIpc) is 2.57. The molecule has 0 spiro atoms. The van der Waals surface area contributed by atoms with Crippen LogP contribution >= 0.6 is 11.8 Å². The first kappa shape index (κ1) is 8.57. The summed E-state index contributed by atoms with van der Waals surface area (Å²) >= 11 is 1.63. The maximum Gasteiger partial charge on any atom is 0.625 e. The van der Waals surface area contributed by atoms with Gasteiger partial charge < -0.3 is 9.31 Å². The molecule has 1 aromatic rings. The van der Waals surface area contributed by atoms with Crippen molar-refractivity contribution in [2.24, 2.45) is 0 Å². The van der Waals surface area contributed by atoms with Crippen molar-refractivity contribution < 1.29 is 9.31 Å². The first-order valence-corrected chi connectivity index (χ1v) is 5.31. The summed E-state index contributed by atoms with van der Waals surface area (Å²) in [4.78, 5) is 0. The number of hydrogen-bond donors (Lipinski definition) is 0. The maximum atomic E-state index is 5.49. The number of rotatable bonds is 2. The Morgan fingerprint density at radius 3 is 2.38 bits per heavy atom. The Hall–Kier alpha value is -1.03. The molecular formula is C9H9BO2S. The van der Waals surface area contributed by atoms with Crippen LogP contribution in [-0.2, 0) is 0 Å². The van der Waals surface area contributed by atoms with E-state index in [4.69, 9.17) is 9.31 Å². The second kappa shape index (κ2) is 3.79. The van der Waals surface area contributed by atoms with Gasteiger partial charge in [-0.2, -0.15) is 0 Å². The molecule has 0 amide bonds. The fraction of sp³-hybridized carbons (Fsp3) is 0.111. The third-order valence-electron chi connectivity index (χ3n) is 1.71. The van der Waals surface area contributed by atoms with Gasteiger partial charge in [-0.3, -0.25) is 0 Å². The summed E-state index contributed by atoms with van der Waals surface area (Å²) < 4.78 is 11.0. The molecule has 0 aliphatic carbocycles. The molecule has 1 heterocycles. The van der Waals surface area contributed by atoms with E-state index in [1.165, 1.54) is 0 Å². The van der Waals surface area contributed by atoms with Crippen LogP contribution in [0.1, 0.15) is 0 Å². The van der Waals surface area contributed by atoms with E-state index in [9.17, 15) is 0 Å². The second-order valence-electron chi connectivity index (χ2n) is 2.62. The Morgan fingerprint density at radius 2 is 1.85 bits per heavy atom. The number of fused-ring (bicyclic) bond motifs is 1. The zero-order valence-corrected chi connectivity index (χ0v) is 8.08. The molecule has 0 bridgehead atoms. The fourth-order valence-electron chi connectivity index (χ4n) is 1.14. The predicted octanol–water partition coefficient (Wildman–Crippen LogP) is 2.36. The Kier molecular flexibility index (Phi) is 2.50. The van der Waals surface area contributed by atoms with Crippen LogP contribution in [0, 0.1) is 0 Å². The fourth-order valence-corrected chi connectivity index (χ4v) is 1.43. The van der Waals surface area contributed by atoms with Gasteiger partial charge in [0.1, 0.15) is 11.5 Å². The first-order chi connectivity index (χ1) is 6.40. The Morgan fingerprint density at radius 1 is 1.23 bits per heavy atom. The van der Waals surface area contributed by atoms with Gasteiger partial charge in [0.15, 0.2) is 0 Å². The lowest BCUT2D eigenvalue weighted by Crippen LogP contribution is -2.21. The van der Waals surface area contributed by atoms with Gasteiger partial charge >= 0.3 is 7.12 Å². The van der Waals surface area contributed by atoms with Crippen LogP contribution in [0.15, 0.2) is 35.6 Å². The summed E-state index contributed by atoms with van der Waals surface area (Å²) in [6.45, 7) is 0. The maximum absolute atomic E-state index is 5.49. The van der Waals surface area contributed by atoms with Gasteiger partial charge in [-0.15, -0.1) is 11.8 Å². The molecule has 1 aromatic carbocycles. The van der Waals surface area contributed by atoms with Gasteiger partial charge in [-0.25, -0.2) is 0 Å². The van der Waals surface area contributed by atoms with Crippen LogP contribution in [0.25, 0.3) is 0 Å². The summed E-state index contributed by atoms with van der Waals surface area (Å²) in [7, 11) is -0.259. The number of para-hydroxylation sites is 2. The lowest BCUT2D eigenvalue weighted by atomic mass is 9.92. The molecule has 0 fully saturated rings. The lowest BCUT2D eigenvalue weighted by Gasteiger charge is -1.96. The van der Waals surface area contributed by atoms with Crippen LogP contribution < -0.4 is 9.31 Å². The topological polar surface area (TPSA) is 18.5 Å². The molecule has 4 heteroatoms. The van der Waals surface area contributed by atoms with Gasteiger partial charge in [0, 0.05) is 0 Å². The first-order valence-electron chi connectivity index (χ1n) is 4.02. The SMILES string of the molecule is CS/C=C/B1Oc2ccccc2O1. The minimum absolute atomic E-state index is 0.259. The molecule has 0 saturated carbocycles. The normalized spacial score (nSPS) is 14.1. The van der Waals surface area contributed by atoms with E-state index in [1.54, 1.807) is 11.8 Å². The van der Waals surface area contributed by atoms with E-state index in [1.807, 2.05) is 41.9 Å². The van der Waals surface area contributed by atoms with Crippen LogP contribution in [0.4, 0.5) is 0 Å². The van der Waals surface area contributed by atoms with Crippen molar-refractivity contribution in [3.8, 4) is 11.5 Å². The van der Waals surface area contributed by atoms with Crippen molar-refractivity contribution in [1.82, 2.24) is 0 Å². The highest BCUT2D eigenvalue weighted by atomic mass is 32.2. The Bertz CT molecular complexity index is 302. The standard InChI is InChI=1S/C9H9BO2S/c1-13-7-6-10-11-8-4-2-3-5-9(8)12-10/h2-7H,1H3/b7-6+. The van der Waals surface area contributed by atoms with E-state index in [2.05, 4.69) is 0 Å². The van der Waals surface area contributed by atoms with Crippen LogP contribution in [0.2, 0.25) is 0 Å². The van der Waals surface area contributed by atoms with Crippen molar-refractivity contribution in [2.45, 2.75) is 0 Å². The van der Waals surface area contributed by atoms with Gasteiger partial charge in [0.25, 0.3) is 0 Å². The molecule has 66 valence electrons.